The monoisotopic (exact) mass is 355 g/mol. The van der Waals surface area contributed by atoms with Crippen molar-refractivity contribution in [2.75, 3.05) is 19.6 Å². The van der Waals surface area contributed by atoms with Gasteiger partial charge in [-0.15, -0.1) is 0 Å². The second-order valence-corrected chi connectivity index (χ2v) is 6.44. The van der Waals surface area contributed by atoms with Gasteiger partial charge in [-0.2, -0.15) is 4.98 Å². The van der Waals surface area contributed by atoms with Gasteiger partial charge >= 0.3 is 0 Å². The summed E-state index contributed by atoms with van der Waals surface area (Å²) in [5.41, 5.74) is 2.04. The molecule has 1 saturated heterocycles. The lowest BCUT2D eigenvalue weighted by atomic mass is 10.1. The summed E-state index contributed by atoms with van der Waals surface area (Å²) < 4.78 is 5.46. The molecule has 1 fully saturated rings. The Kier molecular flexibility index (Phi) is 4.74. The highest BCUT2D eigenvalue weighted by Gasteiger charge is 2.25. The number of pyridine rings is 1. The number of hydrogen-bond acceptors (Lipinski definition) is 6. The van der Waals surface area contributed by atoms with Crippen molar-refractivity contribution in [3.63, 3.8) is 0 Å². The van der Waals surface area contributed by atoms with E-state index in [1.807, 2.05) is 36.5 Å². The van der Waals surface area contributed by atoms with E-state index in [9.17, 15) is 0 Å². The van der Waals surface area contributed by atoms with Gasteiger partial charge in [0.15, 0.2) is 0 Å². The predicted octanol–water partition coefficient (Wildman–Crippen LogP) is 2.93. The summed E-state index contributed by atoms with van der Waals surface area (Å²) in [6, 6.07) is 11.8. The zero-order chi connectivity index (χ0) is 17.1. The largest absolute Gasteiger partial charge is 0.338 e. The number of halogens is 1. The molecule has 3 aromatic rings. The summed E-state index contributed by atoms with van der Waals surface area (Å²) in [6.45, 7) is 3.33. The van der Waals surface area contributed by atoms with Crippen LogP contribution in [0.25, 0.3) is 11.4 Å². The van der Waals surface area contributed by atoms with Gasteiger partial charge in [0.05, 0.1) is 6.54 Å². The van der Waals surface area contributed by atoms with E-state index in [2.05, 4.69) is 31.4 Å². The molecule has 7 heteroatoms. The van der Waals surface area contributed by atoms with Crippen molar-refractivity contribution in [2.45, 2.75) is 12.6 Å². The molecule has 1 atom stereocenters. The normalized spacial score (nSPS) is 18.4. The molecule has 3 heterocycles. The zero-order valence-electron chi connectivity index (χ0n) is 13.6. The molecule has 0 bridgehead atoms. The maximum absolute atomic E-state index is 6.04. The summed E-state index contributed by atoms with van der Waals surface area (Å²) >= 11 is 6.04. The van der Waals surface area contributed by atoms with Gasteiger partial charge in [-0.25, -0.2) is 0 Å². The molecule has 0 spiro atoms. The van der Waals surface area contributed by atoms with Crippen LogP contribution in [0.1, 0.15) is 17.5 Å². The first-order valence-electron chi connectivity index (χ1n) is 8.23. The number of rotatable bonds is 4. The topological polar surface area (TPSA) is 67.1 Å². The number of benzene rings is 1. The predicted molar refractivity (Wildman–Crippen MR) is 95.0 cm³/mol. The van der Waals surface area contributed by atoms with Crippen molar-refractivity contribution >= 4 is 11.6 Å². The Morgan fingerprint density at radius 3 is 3.08 bits per heavy atom. The number of aromatic nitrogens is 3. The molecule has 0 amide bonds. The van der Waals surface area contributed by atoms with Crippen molar-refractivity contribution in [1.29, 1.82) is 0 Å². The molecular formula is C18H18ClN5O. The molecule has 1 aliphatic rings. The third kappa shape index (κ3) is 3.71. The Labute approximate surface area is 150 Å². The summed E-state index contributed by atoms with van der Waals surface area (Å²) in [5, 5.41) is 8.18. The lowest BCUT2D eigenvalue weighted by molar-refractivity contribution is 0.135. The van der Waals surface area contributed by atoms with Crippen molar-refractivity contribution in [2.24, 2.45) is 0 Å². The SMILES string of the molecule is Clc1cccc(-c2noc(CN3CCNCC3c3cccnc3)n2)c1. The molecule has 1 unspecified atom stereocenters. The van der Waals surface area contributed by atoms with Crippen LogP contribution in [-0.4, -0.2) is 39.7 Å². The van der Waals surface area contributed by atoms with Crippen molar-refractivity contribution < 1.29 is 4.52 Å². The number of nitrogens with one attached hydrogen (secondary N) is 1. The van der Waals surface area contributed by atoms with Crippen LogP contribution in [-0.2, 0) is 6.54 Å². The van der Waals surface area contributed by atoms with E-state index in [4.69, 9.17) is 16.1 Å². The van der Waals surface area contributed by atoms with Crippen LogP contribution in [0.15, 0.2) is 53.3 Å². The molecule has 1 aliphatic heterocycles. The lowest BCUT2D eigenvalue weighted by Gasteiger charge is -2.35. The maximum Gasteiger partial charge on any atom is 0.241 e. The van der Waals surface area contributed by atoms with Gasteiger partial charge in [0.25, 0.3) is 0 Å². The van der Waals surface area contributed by atoms with Crippen LogP contribution < -0.4 is 5.32 Å². The van der Waals surface area contributed by atoms with Crippen molar-refractivity contribution in [3.05, 3.63) is 65.3 Å². The molecule has 25 heavy (non-hydrogen) atoms. The fraction of sp³-hybridized carbons (Fsp3) is 0.278. The Morgan fingerprint density at radius 2 is 2.24 bits per heavy atom. The van der Waals surface area contributed by atoms with Crippen LogP contribution in [0.4, 0.5) is 0 Å². The fourth-order valence-corrected chi connectivity index (χ4v) is 3.27. The van der Waals surface area contributed by atoms with Gasteiger partial charge in [-0.3, -0.25) is 9.88 Å². The van der Waals surface area contributed by atoms with Crippen LogP contribution >= 0.6 is 11.6 Å². The van der Waals surface area contributed by atoms with E-state index < -0.39 is 0 Å². The van der Waals surface area contributed by atoms with E-state index in [-0.39, 0.29) is 6.04 Å². The molecule has 2 aromatic heterocycles. The first-order valence-corrected chi connectivity index (χ1v) is 8.60. The molecule has 0 aliphatic carbocycles. The Bertz CT molecular complexity index is 838. The van der Waals surface area contributed by atoms with E-state index in [1.54, 1.807) is 6.20 Å². The van der Waals surface area contributed by atoms with Crippen LogP contribution in [0.3, 0.4) is 0 Å². The average Bonchev–Trinajstić information content (AvgIpc) is 3.12. The summed E-state index contributed by atoms with van der Waals surface area (Å²) in [5.74, 6) is 1.16. The highest BCUT2D eigenvalue weighted by molar-refractivity contribution is 6.30. The van der Waals surface area contributed by atoms with Gasteiger partial charge in [-0.05, 0) is 23.8 Å². The number of piperazine rings is 1. The standard InChI is InChI=1S/C18H18ClN5O/c19-15-5-1-3-13(9-15)18-22-17(25-23-18)12-24-8-7-21-11-16(24)14-4-2-6-20-10-14/h1-6,9-10,16,21H,7-8,11-12H2. The van der Waals surface area contributed by atoms with E-state index in [0.717, 1.165) is 25.2 Å². The molecule has 0 radical (unpaired) electrons. The highest BCUT2D eigenvalue weighted by atomic mass is 35.5. The van der Waals surface area contributed by atoms with Crippen molar-refractivity contribution in [1.82, 2.24) is 25.3 Å². The Morgan fingerprint density at radius 1 is 1.28 bits per heavy atom. The zero-order valence-corrected chi connectivity index (χ0v) is 14.4. The minimum atomic E-state index is 0.240. The van der Waals surface area contributed by atoms with E-state index in [0.29, 0.717) is 23.3 Å². The molecule has 6 nitrogen and oxygen atoms in total. The Hall–Kier alpha value is -2.28. The first-order chi connectivity index (χ1) is 12.3. The third-order valence-corrected chi connectivity index (χ3v) is 4.55. The van der Waals surface area contributed by atoms with Crippen LogP contribution in [0.5, 0.6) is 0 Å². The Balaban J connectivity index is 1.53. The third-order valence-electron chi connectivity index (χ3n) is 4.31. The van der Waals surface area contributed by atoms with Gasteiger partial charge < -0.3 is 9.84 Å². The van der Waals surface area contributed by atoms with E-state index >= 15 is 0 Å². The number of nitrogens with zero attached hydrogens (tertiary/aromatic N) is 4. The lowest BCUT2D eigenvalue weighted by Crippen LogP contribution is -2.45. The number of hydrogen-bond donors (Lipinski definition) is 1. The van der Waals surface area contributed by atoms with Crippen LogP contribution in [0.2, 0.25) is 5.02 Å². The maximum atomic E-state index is 6.04. The minimum absolute atomic E-state index is 0.240. The van der Waals surface area contributed by atoms with Crippen LogP contribution in [0, 0.1) is 0 Å². The summed E-state index contributed by atoms with van der Waals surface area (Å²) in [6.07, 6.45) is 3.70. The van der Waals surface area contributed by atoms with Gasteiger partial charge in [0.1, 0.15) is 0 Å². The van der Waals surface area contributed by atoms with E-state index in [1.165, 1.54) is 5.56 Å². The average molecular weight is 356 g/mol. The second-order valence-electron chi connectivity index (χ2n) is 6.00. The second kappa shape index (κ2) is 7.31. The molecule has 4 rings (SSSR count). The molecule has 1 aromatic carbocycles. The highest BCUT2D eigenvalue weighted by Crippen LogP contribution is 2.24. The van der Waals surface area contributed by atoms with Gasteiger partial charge in [0.2, 0.25) is 11.7 Å². The fourth-order valence-electron chi connectivity index (χ4n) is 3.08. The van der Waals surface area contributed by atoms with Gasteiger partial charge in [-0.1, -0.05) is 35.0 Å². The smallest absolute Gasteiger partial charge is 0.241 e. The molecule has 1 N–H and O–H groups in total. The minimum Gasteiger partial charge on any atom is -0.338 e. The molecular weight excluding hydrogens is 338 g/mol. The van der Waals surface area contributed by atoms with Gasteiger partial charge in [0, 0.05) is 48.7 Å². The molecule has 128 valence electrons. The first kappa shape index (κ1) is 16.2. The quantitative estimate of drug-likeness (QED) is 0.776. The summed E-state index contributed by atoms with van der Waals surface area (Å²) in [4.78, 5) is 11.1. The summed E-state index contributed by atoms with van der Waals surface area (Å²) in [7, 11) is 0. The van der Waals surface area contributed by atoms with Crippen molar-refractivity contribution in [3.8, 4) is 11.4 Å². The molecule has 0 saturated carbocycles.